The zero-order chi connectivity index (χ0) is 16.7. The fourth-order valence-electron chi connectivity index (χ4n) is 2.33. The Morgan fingerprint density at radius 2 is 1.91 bits per heavy atom. The van der Waals surface area contributed by atoms with E-state index in [1.165, 1.54) is 0 Å². The van der Waals surface area contributed by atoms with Gasteiger partial charge in [0.15, 0.2) is 0 Å². The van der Waals surface area contributed by atoms with Gasteiger partial charge in [-0.25, -0.2) is 9.59 Å². The average molecular weight is 383 g/mol. The normalized spacial score (nSPS) is 13.9. The summed E-state index contributed by atoms with van der Waals surface area (Å²) < 4.78 is 5.34. The molecule has 128 valence electrons. The van der Waals surface area contributed by atoms with E-state index in [0.717, 1.165) is 11.1 Å². The highest BCUT2D eigenvalue weighted by Gasteiger charge is 2.29. The molecule has 2 rings (SSSR count). The zero-order valence-electron chi connectivity index (χ0n) is 13.0. The van der Waals surface area contributed by atoms with Crippen LogP contribution in [0.3, 0.4) is 0 Å². The summed E-state index contributed by atoms with van der Waals surface area (Å²) in [5.74, 6) is -1.16. The molecule has 0 unspecified atom stereocenters. The first-order chi connectivity index (χ1) is 10.1. The number of fused-ring (bicyclic) bond motifs is 1. The fourth-order valence-corrected chi connectivity index (χ4v) is 3.08. The van der Waals surface area contributed by atoms with Gasteiger partial charge in [-0.15, -0.1) is 12.4 Å². The summed E-state index contributed by atoms with van der Waals surface area (Å²) in [4.78, 5) is 24.9. The molecule has 0 bridgehead atoms. The molecule has 1 amide bonds. The first-order valence-electron chi connectivity index (χ1n) is 6.81. The molecule has 0 atom stereocenters. The van der Waals surface area contributed by atoms with E-state index >= 15 is 0 Å². The van der Waals surface area contributed by atoms with Crippen molar-refractivity contribution in [1.82, 2.24) is 4.90 Å². The first-order valence-corrected chi connectivity index (χ1v) is 7.56. The molecule has 0 radical (unpaired) electrons. The standard InChI is InChI=1S/C15H17Cl2NO4.ClH/c1-15(2,3)22-14(21)18-5-4-9-8(7-18)6-10(16)11(12(9)17)13(19)20;/h6H,4-5,7H2,1-3H3,(H,19,20);1H. The molecule has 1 N–H and O–H groups in total. The van der Waals surface area contributed by atoms with Crippen molar-refractivity contribution in [2.45, 2.75) is 39.3 Å². The van der Waals surface area contributed by atoms with Crippen molar-refractivity contribution in [3.05, 3.63) is 32.8 Å². The highest BCUT2D eigenvalue weighted by atomic mass is 35.5. The van der Waals surface area contributed by atoms with Crippen LogP contribution in [0.25, 0.3) is 0 Å². The first kappa shape index (κ1) is 19.9. The van der Waals surface area contributed by atoms with Crippen molar-refractivity contribution in [1.29, 1.82) is 0 Å². The third kappa shape index (κ3) is 4.43. The molecule has 0 fully saturated rings. The van der Waals surface area contributed by atoms with Gasteiger partial charge in [-0.1, -0.05) is 23.2 Å². The molecule has 0 aliphatic carbocycles. The Morgan fingerprint density at radius 1 is 1.30 bits per heavy atom. The number of amides is 1. The van der Waals surface area contributed by atoms with Gasteiger partial charge in [0.05, 0.1) is 15.6 Å². The van der Waals surface area contributed by atoms with E-state index in [-0.39, 0.29) is 28.0 Å². The Hall–Kier alpha value is -1.17. The lowest BCUT2D eigenvalue weighted by Crippen LogP contribution is -2.40. The van der Waals surface area contributed by atoms with Crippen molar-refractivity contribution in [3.8, 4) is 0 Å². The van der Waals surface area contributed by atoms with Crippen LogP contribution in [0.1, 0.15) is 42.3 Å². The molecule has 1 heterocycles. The Morgan fingerprint density at radius 3 is 2.43 bits per heavy atom. The molecular weight excluding hydrogens is 365 g/mol. The van der Waals surface area contributed by atoms with Crippen LogP contribution in [0.4, 0.5) is 4.79 Å². The second-order valence-electron chi connectivity index (χ2n) is 6.14. The van der Waals surface area contributed by atoms with E-state index in [1.807, 2.05) is 0 Å². The average Bonchev–Trinajstić information content (AvgIpc) is 2.35. The van der Waals surface area contributed by atoms with Gasteiger partial charge in [0.2, 0.25) is 0 Å². The molecule has 0 saturated heterocycles. The van der Waals surface area contributed by atoms with Crippen LogP contribution in [0, 0.1) is 0 Å². The summed E-state index contributed by atoms with van der Waals surface area (Å²) in [6, 6.07) is 1.56. The number of nitrogens with zero attached hydrogens (tertiary/aromatic N) is 1. The lowest BCUT2D eigenvalue weighted by atomic mass is 9.97. The molecular formula is C15H18Cl3NO4. The van der Waals surface area contributed by atoms with Gasteiger partial charge in [-0.2, -0.15) is 0 Å². The minimum Gasteiger partial charge on any atom is -0.478 e. The number of carbonyl (C=O) groups excluding carboxylic acids is 1. The smallest absolute Gasteiger partial charge is 0.410 e. The number of benzene rings is 1. The van der Waals surface area contributed by atoms with E-state index < -0.39 is 17.7 Å². The van der Waals surface area contributed by atoms with Gasteiger partial charge in [-0.05, 0) is 44.4 Å². The monoisotopic (exact) mass is 381 g/mol. The largest absolute Gasteiger partial charge is 0.478 e. The van der Waals surface area contributed by atoms with Gasteiger partial charge < -0.3 is 14.7 Å². The Bertz CT molecular complexity index is 641. The maximum absolute atomic E-state index is 12.1. The number of halogens is 3. The number of hydrogen-bond acceptors (Lipinski definition) is 3. The van der Waals surface area contributed by atoms with Crippen molar-refractivity contribution in [2.75, 3.05) is 6.54 Å². The third-order valence-corrected chi connectivity index (χ3v) is 3.99. The van der Waals surface area contributed by atoms with Crippen LogP contribution in [0.15, 0.2) is 6.07 Å². The van der Waals surface area contributed by atoms with Gasteiger partial charge >= 0.3 is 12.1 Å². The number of carboxylic acid groups (broad SMARTS) is 1. The van der Waals surface area contributed by atoms with Crippen molar-refractivity contribution >= 4 is 47.7 Å². The maximum atomic E-state index is 12.1. The maximum Gasteiger partial charge on any atom is 0.410 e. The van der Waals surface area contributed by atoms with E-state index in [9.17, 15) is 9.59 Å². The minimum absolute atomic E-state index is 0. The van der Waals surface area contributed by atoms with E-state index in [1.54, 1.807) is 31.7 Å². The molecule has 23 heavy (non-hydrogen) atoms. The molecule has 0 saturated carbocycles. The van der Waals surface area contributed by atoms with E-state index in [2.05, 4.69) is 0 Å². The number of carbonyl (C=O) groups is 2. The lowest BCUT2D eigenvalue weighted by molar-refractivity contribution is 0.0223. The predicted molar refractivity (Wildman–Crippen MR) is 91.0 cm³/mol. The van der Waals surface area contributed by atoms with Crippen LogP contribution in [-0.4, -0.2) is 34.2 Å². The van der Waals surface area contributed by atoms with Gasteiger partial charge in [0.25, 0.3) is 0 Å². The number of hydrogen-bond donors (Lipinski definition) is 1. The molecule has 1 aromatic carbocycles. The third-order valence-electron chi connectivity index (χ3n) is 3.27. The SMILES string of the molecule is CC(C)(C)OC(=O)N1CCc2c(cc(Cl)c(C(=O)O)c2Cl)C1.Cl. The summed E-state index contributed by atoms with van der Waals surface area (Å²) in [7, 11) is 0. The van der Waals surface area contributed by atoms with Gasteiger partial charge in [0, 0.05) is 13.1 Å². The summed E-state index contributed by atoms with van der Waals surface area (Å²) in [6.07, 6.45) is 0.0536. The molecule has 1 aliphatic heterocycles. The molecule has 8 heteroatoms. The van der Waals surface area contributed by atoms with Crippen molar-refractivity contribution < 1.29 is 19.4 Å². The fraction of sp³-hybridized carbons (Fsp3) is 0.467. The van der Waals surface area contributed by atoms with Gasteiger partial charge in [0.1, 0.15) is 5.60 Å². The number of carboxylic acids is 1. The summed E-state index contributed by atoms with van der Waals surface area (Å²) in [5, 5.41) is 9.39. The van der Waals surface area contributed by atoms with Gasteiger partial charge in [-0.3, -0.25) is 0 Å². The van der Waals surface area contributed by atoms with Crippen molar-refractivity contribution in [2.24, 2.45) is 0 Å². The zero-order valence-corrected chi connectivity index (χ0v) is 15.3. The highest BCUT2D eigenvalue weighted by Crippen LogP contribution is 2.34. The molecule has 0 aromatic heterocycles. The quantitative estimate of drug-likeness (QED) is 0.781. The lowest BCUT2D eigenvalue weighted by Gasteiger charge is -2.32. The second-order valence-corrected chi connectivity index (χ2v) is 6.93. The predicted octanol–water partition coefficient (Wildman–Crippen LogP) is 4.41. The molecule has 1 aliphatic rings. The Labute approximate surface area is 150 Å². The number of aromatic carboxylic acids is 1. The minimum atomic E-state index is -1.16. The topological polar surface area (TPSA) is 66.8 Å². The number of ether oxygens (including phenoxy) is 1. The molecule has 1 aromatic rings. The highest BCUT2D eigenvalue weighted by molar-refractivity contribution is 6.39. The van der Waals surface area contributed by atoms with Crippen molar-refractivity contribution in [3.63, 3.8) is 0 Å². The van der Waals surface area contributed by atoms with Crippen LogP contribution in [-0.2, 0) is 17.7 Å². The van der Waals surface area contributed by atoms with Crippen LogP contribution < -0.4 is 0 Å². The summed E-state index contributed by atoms with van der Waals surface area (Å²) in [6.45, 7) is 6.12. The Kier molecular flexibility index (Phi) is 6.18. The second kappa shape index (κ2) is 7.16. The van der Waals surface area contributed by atoms with Crippen LogP contribution >= 0.6 is 35.6 Å². The van der Waals surface area contributed by atoms with E-state index in [0.29, 0.717) is 19.5 Å². The summed E-state index contributed by atoms with van der Waals surface area (Å²) in [5.41, 5.74) is 0.813. The van der Waals surface area contributed by atoms with Crippen LogP contribution in [0.2, 0.25) is 10.0 Å². The number of rotatable bonds is 1. The molecule has 5 nitrogen and oxygen atoms in total. The summed E-state index contributed by atoms with van der Waals surface area (Å²) >= 11 is 12.2. The Balaban J connectivity index is 0.00000264. The molecule has 0 spiro atoms. The van der Waals surface area contributed by atoms with E-state index in [4.69, 9.17) is 33.0 Å². The van der Waals surface area contributed by atoms with Crippen LogP contribution in [0.5, 0.6) is 0 Å².